The molecule has 1 fully saturated rings. The zero-order valence-corrected chi connectivity index (χ0v) is 13.2. The van der Waals surface area contributed by atoms with Crippen molar-refractivity contribution in [3.63, 3.8) is 0 Å². The molecular formula is C15H21N3O2S. The number of amides is 1. The van der Waals surface area contributed by atoms with Crippen LogP contribution in [0.4, 0.5) is 5.69 Å². The van der Waals surface area contributed by atoms with Crippen molar-refractivity contribution in [1.29, 1.82) is 0 Å². The summed E-state index contributed by atoms with van der Waals surface area (Å²) in [6.45, 7) is 1.57. The second-order valence-electron chi connectivity index (χ2n) is 5.25. The first-order chi connectivity index (χ1) is 10.1. The molecule has 1 aromatic rings. The molecule has 1 aromatic carbocycles. The van der Waals surface area contributed by atoms with Crippen LogP contribution in [-0.4, -0.2) is 49.3 Å². The molecule has 1 aliphatic rings. The normalized spacial score (nSPS) is 17.3. The summed E-state index contributed by atoms with van der Waals surface area (Å²) in [4.78, 5) is 13.3. The molecule has 0 radical (unpaired) electrons. The lowest BCUT2D eigenvalue weighted by Crippen LogP contribution is -2.34. The van der Waals surface area contributed by atoms with Crippen molar-refractivity contribution in [2.75, 3.05) is 32.6 Å². The van der Waals surface area contributed by atoms with E-state index in [9.17, 15) is 4.79 Å². The van der Waals surface area contributed by atoms with E-state index in [1.807, 2.05) is 12.1 Å². The van der Waals surface area contributed by atoms with Crippen LogP contribution in [0.3, 0.4) is 0 Å². The van der Waals surface area contributed by atoms with E-state index in [1.165, 1.54) is 0 Å². The fourth-order valence-electron chi connectivity index (χ4n) is 2.14. The van der Waals surface area contributed by atoms with E-state index in [1.54, 1.807) is 31.1 Å². The summed E-state index contributed by atoms with van der Waals surface area (Å²) in [5.41, 5.74) is 1.51. The summed E-state index contributed by atoms with van der Waals surface area (Å²) in [5, 5.41) is 6.82. The number of anilines is 1. The Kier molecular flexibility index (Phi) is 5.52. The molecule has 0 aromatic heterocycles. The molecule has 1 heterocycles. The third kappa shape index (κ3) is 4.68. The highest BCUT2D eigenvalue weighted by Crippen LogP contribution is 2.12. The van der Waals surface area contributed by atoms with E-state index in [-0.39, 0.29) is 12.0 Å². The van der Waals surface area contributed by atoms with Gasteiger partial charge in [0.15, 0.2) is 5.11 Å². The molecule has 0 saturated carbocycles. The van der Waals surface area contributed by atoms with Gasteiger partial charge >= 0.3 is 0 Å². The van der Waals surface area contributed by atoms with Gasteiger partial charge in [0.2, 0.25) is 0 Å². The number of hydrogen-bond acceptors (Lipinski definition) is 3. The van der Waals surface area contributed by atoms with Gasteiger partial charge < -0.3 is 20.3 Å². The lowest BCUT2D eigenvalue weighted by atomic mass is 10.2. The Balaban J connectivity index is 1.82. The Morgan fingerprint density at radius 2 is 2.10 bits per heavy atom. The van der Waals surface area contributed by atoms with Gasteiger partial charge in [0, 0.05) is 38.5 Å². The van der Waals surface area contributed by atoms with Crippen molar-refractivity contribution in [2.45, 2.75) is 18.9 Å². The van der Waals surface area contributed by atoms with Gasteiger partial charge in [-0.1, -0.05) is 0 Å². The highest BCUT2D eigenvalue weighted by atomic mass is 32.1. The molecule has 1 saturated heterocycles. The van der Waals surface area contributed by atoms with Crippen molar-refractivity contribution >= 4 is 28.9 Å². The Hall–Kier alpha value is -1.66. The minimum absolute atomic E-state index is 0.0133. The molecule has 0 aliphatic carbocycles. The van der Waals surface area contributed by atoms with Crippen LogP contribution >= 0.6 is 12.2 Å². The van der Waals surface area contributed by atoms with Crippen molar-refractivity contribution < 1.29 is 9.53 Å². The predicted octanol–water partition coefficient (Wildman–Crippen LogP) is 1.85. The first-order valence-electron chi connectivity index (χ1n) is 7.04. The van der Waals surface area contributed by atoms with E-state index in [0.717, 1.165) is 31.7 Å². The molecule has 1 amide bonds. The SMILES string of the molecule is CN(C)C(=O)c1ccc(NC(=S)NC[C@@H]2CCCO2)cc1. The minimum atomic E-state index is -0.0133. The number of benzene rings is 1. The number of carbonyl (C=O) groups excluding carboxylic acids is 1. The molecular weight excluding hydrogens is 286 g/mol. The molecule has 0 unspecified atom stereocenters. The van der Waals surface area contributed by atoms with Crippen LogP contribution in [0.25, 0.3) is 0 Å². The Morgan fingerprint density at radius 1 is 1.38 bits per heavy atom. The molecule has 2 N–H and O–H groups in total. The maximum atomic E-state index is 11.8. The summed E-state index contributed by atoms with van der Waals surface area (Å²) in [6.07, 6.45) is 2.45. The van der Waals surface area contributed by atoms with Crippen LogP contribution in [-0.2, 0) is 4.74 Å². The zero-order valence-electron chi connectivity index (χ0n) is 12.4. The van der Waals surface area contributed by atoms with Gasteiger partial charge in [-0.2, -0.15) is 0 Å². The van der Waals surface area contributed by atoms with Crippen molar-refractivity contribution in [3.8, 4) is 0 Å². The number of ether oxygens (including phenoxy) is 1. The van der Waals surface area contributed by atoms with E-state index in [0.29, 0.717) is 10.7 Å². The second-order valence-corrected chi connectivity index (χ2v) is 5.66. The van der Waals surface area contributed by atoms with Crippen LogP contribution < -0.4 is 10.6 Å². The maximum Gasteiger partial charge on any atom is 0.253 e. The number of carbonyl (C=O) groups is 1. The predicted molar refractivity (Wildman–Crippen MR) is 87.7 cm³/mol. The van der Waals surface area contributed by atoms with Crippen LogP contribution in [0.2, 0.25) is 0 Å². The van der Waals surface area contributed by atoms with Gasteiger partial charge in [0.25, 0.3) is 5.91 Å². The van der Waals surface area contributed by atoms with E-state index in [2.05, 4.69) is 10.6 Å². The second kappa shape index (κ2) is 7.38. The highest BCUT2D eigenvalue weighted by molar-refractivity contribution is 7.80. The molecule has 1 atom stereocenters. The number of thiocarbonyl (C=S) groups is 1. The number of nitrogens with zero attached hydrogens (tertiary/aromatic N) is 1. The summed E-state index contributed by atoms with van der Waals surface area (Å²) in [7, 11) is 3.47. The number of nitrogens with one attached hydrogen (secondary N) is 2. The average Bonchev–Trinajstić information content (AvgIpc) is 2.98. The number of rotatable bonds is 4. The van der Waals surface area contributed by atoms with Crippen molar-refractivity contribution in [3.05, 3.63) is 29.8 Å². The van der Waals surface area contributed by atoms with Crippen LogP contribution in [0.5, 0.6) is 0 Å². The van der Waals surface area contributed by atoms with Gasteiger partial charge in [-0.25, -0.2) is 0 Å². The number of hydrogen-bond donors (Lipinski definition) is 2. The summed E-state index contributed by atoms with van der Waals surface area (Å²) >= 11 is 5.24. The first kappa shape index (κ1) is 15.7. The molecule has 5 nitrogen and oxygen atoms in total. The fourth-order valence-corrected chi connectivity index (χ4v) is 2.34. The Bertz CT molecular complexity index is 496. The first-order valence-corrected chi connectivity index (χ1v) is 7.45. The molecule has 0 spiro atoms. The third-order valence-corrected chi connectivity index (χ3v) is 3.56. The smallest absolute Gasteiger partial charge is 0.253 e. The van der Waals surface area contributed by atoms with Crippen molar-refractivity contribution in [2.24, 2.45) is 0 Å². The zero-order chi connectivity index (χ0) is 15.2. The van der Waals surface area contributed by atoms with Crippen LogP contribution in [0.1, 0.15) is 23.2 Å². The van der Waals surface area contributed by atoms with Gasteiger partial charge in [0.1, 0.15) is 0 Å². The van der Waals surface area contributed by atoms with E-state index in [4.69, 9.17) is 17.0 Å². The van der Waals surface area contributed by atoms with E-state index < -0.39 is 0 Å². The largest absolute Gasteiger partial charge is 0.376 e. The third-order valence-electron chi connectivity index (χ3n) is 3.31. The molecule has 21 heavy (non-hydrogen) atoms. The standard InChI is InChI=1S/C15H21N3O2S/c1-18(2)14(19)11-5-7-12(8-6-11)17-15(21)16-10-13-4-3-9-20-13/h5-8,13H,3-4,9-10H2,1-2H3,(H2,16,17,21)/t13-/m0/s1. The Labute approximate surface area is 130 Å². The lowest BCUT2D eigenvalue weighted by molar-refractivity contribution is 0.0827. The molecule has 6 heteroatoms. The highest BCUT2D eigenvalue weighted by Gasteiger charge is 2.15. The molecule has 1 aliphatic heterocycles. The minimum Gasteiger partial charge on any atom is -0.376 e. The van der Waals surface area contributed by atoms with Crippen LogP contribution in [0, 0.1) is 0 Å². The van der Waals surface area contributed by atoms with Crippen LogP contribution in [0.15, 0.2) is 24.3 Å². The topological polar surface area (TPSA) is 53.6 Å². The summed E-state index contributed by atoms with van der Waals surface area (Å²) in [5.74, 6) is -0.0133. The molecule has 2 rings (SSSR count). The van der Waals surface area contributed by atoms with Gasteiger partial charge in [-0.05, 0) is 49.3 Å². The average molecular weight is 307 g/mol. The molecule has 114 valence electrons. The summed E-state index contributed by atoms with van der Waals surface area (Å²) in [6, 6.07) is 7.26. The van der Waals surface area contributed by atoms with Gasteiger partial charge in [-0.15, -0.1) is 0 Å². The quantitative estimate of drug-likeness (QED) is 0.832. The maximum absolute atomic E-state index is 11.8. The Morgan fingerprint density at radius 3 is 2.67 bits per heavy atom. The molecule has 0 bridgehead atoms. The summed E-state index contributed by atoms with van der Waals surface area (Å²) < 4.78 is 5.53. The fraction of sp³-hybridized carbons (Fsp3) is 0.467. The van der Waals surface area contributed by atoms with Gasteiger partial charge in [-0.3, -0.25) is 4.79 Å². The van der Waals surface area contributed by atoms with Gasteiger partial charge in [0.05, 0.1) is 6.10 Å². The van der Waals surface area contributed by atoms with Crippen molar-refractivity contribution in [1.82, 2.24) is 10.2 Å². The lowest BCUT2D eigenvalue weighted by Gasteiger charge is -2.14. The monoisotopic (exact) mass is 307 g/mol. The van der Waals surface area contributed by atoms with E-state index >= 15 is 0 Å².